The summed E-state index contributed by atoms with van der Waals surface area (Å²) in [5.41, 5.74) is 0.357. The molecule has 0 heterocycles. The molecule has 98 valence electrons. The maximum absolute atomic E-state index is 8.94. The van der Waals surface area contributed by atoms with Crippen LogP contribution in [-0.2, 0) is 0 Å². The van der Waals surface area contributed by atoms with Crippen molar-refractivity contribution in [2.24, 2.45) is 10.8 Å². The molecular formula is C15H28N2. The Kier molecular flexibility index (Phi) is 5.01. The molecule has 0 aromatic rings. The molecule has 1 saturated carbocycles. The van der Waals surface area contributed by atoms with Gasteiger partial charge < -0.3 is 5.32 Å². The van der Waals surface area contributed by atoms with Crippen molar-refractivity contribution < 1.29 is 0 Å². The number of hydrogen-bond acceptors (Lipinski definition) is 2. The first-order valence-corrected chi connectivity index (χ1v) is 6.99. The predicted octanol–water partition coefficient (Wildman–Crippen LogP) is 3.87. The van der Waals surface area contributed by atoms with Crippen LogP contribution in [0.15, 0.2) is 0 Å². The lowest BCUT2D eigenvalue weighted by atomic mass is 9.75. The zero-order chi connectivity index (χ0) is 12.9. The highest BCUT2D eigenvalue weighted by molar-refractivity contribution is 4.91. The second-order valence-electron chi connectivity index (χ2n) is 7.01. The van der Waals surface area contributed by atoms with E-state index in [0.717, 1.165) is 19.4 Å². The van der Waals surface area contributed by atoms with Crippen LogP contribution in [-0.4, -0.2) is 12.6 Å². The van der Waals surface area contributed by atoms with E-state index in [4.69, 9.17) is 5.26 Å². The minimum Gasteiger partial charge on any atom is -0.314 e. The number of nitrogens with one attached hydrogen (secondary N) is 1. The third-order valence-electron chi connectivity index (χ3n) is 3.92. The monoisotopic (exact) mass is 236 g/mol. The fourth-order valence-corrected chi connectivity index (χ4v) is 2.76. The third kappa shape index (κ3) is 5.55. The van der Waals surface area contributed by atoms with E-state index in [-0.39, 0.29) is 5.41 Å². The minimum atomic E-state index is -0.159. The zero-order valence-corrected chi connectivity index (χ0v) is 12.0. The van der Waals surface area contributed by atoms with E-state index in [1.54, 1.807) is 0 Å². The Balaban J connectivity index is 2.17. The van der Waals surface area contributed by atoms with Gasteiger partial charge in [0.1, 0.15) is 0 Å². The van der Waals surface area contributed by atoms with E-state index in [9.17, 15) is 0 Å². The van der Waals surface area contributed by atoms with Gasteiger partial charge in [0.15, 0.2) is 0 Å². The topological polar surface area (TPSA) is 35.8 Å². The fraction of sp³-hybridized carbons (Fsp3) is 0.933. The average molecular weight is 236 g/mol. The second kappa shape index (κ2) is 5.87. The van der Waals surface area contributed by atoms with Crippen molar-refractivity contribution in [3.63, 3.8) is 0 Å². The smallest absolute Gasteiger partial charge is 0.0683 e. The molecule has 0 radical (unpaired) electrons. The molecule has 0 spiro atoms. The largest absolute Gasteiger partial charge is 0.314 e. The van der Waals surface area contributed by atoms with E-state index in [2.05, 4.69) is 25.2 Å². The maximum atomic E-state index is 8.94. The molecule has 0 aromatic carbocycles. The molecule has 17 heavy (non-hydrogen) atoms. The first-order chi connectivity index (χ1) is 7.85. The molecule has 0 bridgehead atoms. The summed E-state index contributed by atoms with van der Waals surface area (Å²) in [6.45, 7) is 9.86. The summed E-state index contributed by atoms with van der Waals surface area (Å²) in [5, 5.41) is 12.6. The van der Waals surface area contributed by atoms with Crippen molar-refractivity contribution in [1.29, 1.82) is 5.26 Å². The molecule has 2 nitrogen and oxygen atoms in total. The fourth-order valence-electron chi connectivity index (χ4n) is 2.76. The second-order valence-corrected chi connectivity index (χ2v) is 7.01. The van der Waals surface area contributed by atoms with Crippen LogP contribution in [0, 0.1) is 22.2 Å². The van der Waals surface area contributed by atoms with Gasteiger partial charge >= 0.3 is 0 Å². The van der Waals surface area contributed by atoms with Crippen LogP contribution in [0.25, 0.3) is 0 Å². The number of nitrogens with zero attached hydrogens (tertiary/aromatic N) is 1. The molecule has 0 saturated heterocycles. The normalized spacial score (nSPS) is 24.3. The van der Waals surface area contributed by atoms with Gasteiger partial charge in [-0.15, -0.1) is 0 Å². The molecule has 1 rings (SSSR count). The highest BCUT2D eigenvalue weighted by Gasteiger charge is 2.27. The third-order valence-corrected chi connectivity index (χ3v) is 3.92. The molecule has 1 fully saturated rings. The van der Waals surface area contributed by atoms with E-state index < -0.39 is 0 Å². The highest BCUT2D eigenvalue weighted by Crippen LogP contribution is 2.35. The molecule has 1 atom stereocenters. The molecule has 0 amide bonds. The molecule has 0 aromatic heterocycles. The van der Waals surface area contributed by atoms with Gasteiger partial charge in [0, 0.05) is 6.04 Å². The lowest BCUT2D eigenvalue weighted by molar-refractivity contribution is 0.197. The standard InChI is InChI=1S/C15H28N2/c1-14(2)8-5-7-13(11-14)17-10-6-9-15(3,4)12-16/h13,17H,5-11H2,1-4H3. The Bertz CT molecular complexity index is 273. The number of nitriles is 1. The van der Waals surface area contributed by atoms with Crippen molar-refractivity contribution >= 4 is 0 Å². The summed E-state index contributed by atoms with van der Waals surface area (Å²) in [6.07, 6.45) is 7.45. The van der Waals surface area contributed by atoms with E-state index in [1.165, 1.54) is 25.7 Å². The van der Waals surface area contributed by atoms with Crippen LogP contribution < -0.4 is 5.32 Å². The van der Waals surface area contributed by atoms with Crippen LogP contribution in [0.4, 0.5) is 0 Å². The summed E-state index contributed by atoms with van der Waals surface area (Å²) in [4.78, 5) is 0. The van der Waals surface area contributed by atoms with Gasteiger partial charge in [-0.2, -0.15) is 5.26 Å². The van der Waals surface area contributed by atoms with Gasteiger partial charge in [0.05, 0.1) is 11.5 Å². The van der Waals surface area contributed by atoms with Gasteiger partial charge in [-0.1, -0.05) is 20.3 Å². The maximum Gasteiger partial charge on any atom is 0.0683 e. The van der Waals surface area contributed by atoms with Crippen LogP contribution in [0.3, 0.4) is 0 Å². The van der Waals surface area contributed by atoms with Crippen molar-refractivity contribution in [3.8, 4) is 6.07 Å². The molecule has 1 N–H and O–H groups in total. The van der Waals surface area contributed by atoms with Gasteiger partial charge in [-0.05, 0) is 57.9 Å². The van der Waals surface area contributed by atoms with Gasteiger partial charge in [-0.3, -0.25) is 0 Å². The van der Waals surface area contributed by atoms with Crippen molar-refractivity contribution in [3.05, 3.63) is 0 Å². The average Bonchev–Trinajstić information content (AvgIpc) is 2.23. The zero-order valence-electron chi connectivity index (χ0n) is 12.0. The molecule has 0 aliphatic heterocycles. The lowest BCUT2D eigenvalue weighted by Crippen LogP contribution is -2.37. The number of hydrogen-bond donors (Lipinski definition) is 1. The van der Waals surface area contributed by atoms with Gasteiger partial charge in [-0.25, -0.2) is 0 Å². The Hall–Kier alpha value is -0.550. The highest BCUT2D eigenvalue weighted by atomic mass is 14.9. The SMILES string of the molecule is CC(C)(C#N)CCCNC1CCCC(C)(C)C1. The summed E-state index contributed by atoms with van der Waals surface area (Å²) < 4.78 is 0. The van der Waals surface area contributed by atoms with Crippen LogP contribution in [0.5, 0.6) is 0 Å². The Morgan fingerprint density at radius 2 is 2.12 bits per heavy atom. The van der Waals surface area contributed by atoms with Crippen LogP contribution in [0.2, 0.25) is 0 Å². The van der Waals surface area contributed by atoms with Crippen molar-refractivity contribution in [1.82, 2.24) is 5.32 Å². The Morgan fingerprint density at radius 3 is 2.71 bits per heavy atom. The minimum absolute atomic E-state index is 0.159. The molecule has 1 aliphatic carbocycles. The summed E-state index contributed by atoms with van der Waals surface area (Å²) in [6, 6.07) is 3.06. The van der Waals surface area contributed by atoms with Gasteiger partial charge in [0.25, 0.3) is 0 Å². The van der Waals surface area contributed by atoms with Crippen molar-refractivity contribution in [2.75, 3.05) is 6.54 Å². The Labute approximate surface area is 107 Å². The lowest BCUT2D eigenvalue weighted by Gasteiger charge is -2.35. The van der Waals surface area contributed by atoms with E-state index in [1.807, 2.05) is 13.8 Å². The molecule has 1 aliphatic rings. The quantitative estimate of drug-likeness (QED) is 0.735. The summed E-state index contributed by atoms with van der Waals surface area (Å²) in [5.74, 6) is 0. The van der Waals surface area contributed by atoms with E-state index in [0.29, 0.717) is 11.5 Å². The van der Waals surface area contributed by atoms with Crippen molar-refractivity contribution in [2.45, 2.75) is 72.3 Å². The van der Waals surface area contributed by atoms with Gasteiger partial charge in [0.2, 0.25) is 0 Å². The van der Waals surface area contributed by atoms with Crippen LogP contribution >= 0.6 is 0 Å². The van der Waals surface area contributed by atoms with Crippen LogP contribution in [0.1, 0.15) is 66.2 Å². The molecule has 1 unspecified atom stereocenters. The molecular weight excluding hydrogens is 208 g/mol. The van der Waals surface area contributed by atoms with E-state index >= 15 is 0 Å². The summed E-state index contributed by atoms with van der Waals surface area (Å²) >= 11 is 0. The summed E-state index contributed by atoms with van der Waals surface area (Å²) in [7, 11) is 0. The molecule has 2 heteroatoms. The predicted molar refractivity (Wildman–Crippen MR) is 72.7 cm³/mol. The first kappa shape index (κ1) is 14.5. The Morgan fingerprint density at radius 1 is 1.41 bits per heavy atom. The number of rotatable bonds is 5. The first-order valence-electron chi connectivity index (χ1n) is 6.99.